The van der Waals surface area contributed by atoms with E-state index in [1.54, 1.807) is 0 Å². The van der Waals surface area contributed by atoms with Crippen LogP contribution in [0.25, 0.3) is 6.08 Å². The highest BCUT2D eigenvalue weighted by Gasteiger charge is 2.12. The van der Waals surface area contributed by atoms with Crippen LogP contribution in [-0.2, 0) is 17.8 Å². The van der Waals surface area contributed by atoms with Crippen LogP contribution in [0.1, 0.15) is 23.6 Å². The van der Waals surface area contributed by atoms with Gasteiger partial charge in [0, 0.05) is 25.8 Å². The van der Waals surface area contributed by atoms with Crippen LogP contribution in [-0.4, -0.2) is 5.91 Å². The van der Waals surface area contributed by atoms with Gasteiger partial charge in [-0.25, -0.2) is 0 Å². The minimum atomic E-state index is -0.469. The Morgan fingerprint density at radius 1 is 1.10 bits per heavy atom. The van der Waals surface area contributed by atoms with Crippen molar-refractivity contribution in [2.45, 2.75) is 20.0 Å². The van der Waals surface area contributed by atoms with E-state index in [1.807, 2.05) is 72.8 Å². The van der Waals surface area contributed by atoms with E-state index < -0.39 is 5.91 Å². The highest BCUT2D eigenvalue weighted by atomic mass is 79.9. The summed E-state index contributed by atoms with van der Waals surface area (Å²) < 4.78 is 7.76. The Hall–Kier alpha value is -2.88. The van der Waals surface area contributed by atoms with Gasteiger partial charge in [0.15, 0.2) is 0 Å². The third-order valence-electron chi connectivity index (χ3n) is 4.60. The van der Waals surface area contributed by atoms with Crippen LogP contribution in [0.4, 0.5) is 5.69 Å². The topological polar surface area (TPSA) is 62.1 Å². The molecule has 156 valence electrons. The number of amides is 1. The molecule has 31 heavy (non-hydrogen) atoms. The van der Waals surface area contributed by atoms with E-state index in [4.69, 9.17) is 4.74 Å². The molecule has 0 unspecified atom stereocenters. The second-order valence-electron chi connectivity index (χ2n) is 6.74. The maximum Gasteiger partial charge on any atom is 0.266 e. The van der Waals surface area contributed by atoms with Crippen molar-refractivity contribution in [3.05, 3.63) is 97.9 Å². The molecule has 0 atom stereocenters. The Morgan fingerprint density at radius 3 is 2.52 bits per heavy atom. The molecule has 1 amide bonds. The lowest BCUT2D eigenvalue weighted by Gasteiger charge is -2.12. The summed E-state index contributed by atoms with van der Waals surface area (Å²) in [6.45, 7) is 2.42. The molecule has 0 fully saturated rings. The maximum atomic E-state index is 12.7. The van der Waals surface area contributed by atoms with Gasteiger partial charge in [-0.3, -0.25) is 4.79 Å². The third kappa shape index (κ3) is 6.30. The lowest BCUT2D eigenvalue weighted by Crippen LogP contribution is -2.13. The van der Waals surface area contributed by atoms with E-state index in [0.717, 1.165) is 20.9 Å². The summed E-state index contributed by atoms with van der Waals surface area (Å²) in [6.07, 6.45) is 2.46. The largest absolute Gasteiger partial charge is 0.488 e. The number of nitriles is 1. The molecule has 3 rings (SSSR count). The molecule has 1 N–H and O–H groups in total. The van der Waals surface area contributed by atoms with Crippen molar-refractivity contribution in [3.8, 4) is 11.8 Å². The van der Waals surface area contributed by atoms with Crippen LogP contribution in [0, 0.1) is 11.3 Å². The predicted octanol–water partition coefficient (Wildman–Crippen LogP) is 6.90. The second kappa shape index (κ2) is 10.9. The van der Waals surface area contributed by atoms with Gasteiger partial charge in [0.1, 0.15) is 24.0 Å². The van der Waals surface area contributed by atoms with Crippen LogP contribution in [0.3, 0.4) is 0 Å². The Labute approximate surface area is 198 Å². The van der Waals surface area contributed by atoms with E-state index >= 15 is 0 Å². The van der Waals surface area contributed by atoms with Gasteiger partial charge in [-0.15, -0.1) is 0 Å². The van der Waals surface area contributed by atoms with E-state index in [0.29, 0.717) is 23.6 Å². The van der Waals surface area contributed by atoms with E-state index in [1.165, 1.54) is 11.6 Å². The molecule has 3 aromatic rings. The number of carbonyl (C=O) groups is 1. The predicted molar refractivity (Wildman–Crippen MR) is 131 cm³/mol. The molecule has 0 aliphatic heterocycles. The fraction of sp³-hybridized carbons (Fsp3) is 0.120. The summed E-state index contributed by atoms with van der Waals surface area (Å²) in [5, 5.41) is 12.4. The van der Waals surface area contributed by atoms with Gasteiger partial charge < -0.3 is 10.1 Å². The van der Waals surface area contributed by atoms with Crippen molar-refractivity contribution in [1.82, 2.24) is 0 Å². The van der Waals surface area contributed by atoms with Crippen LogP contribution >= 0.6 is 31.9 Å². The number of ether oxygens (including phenoxy) is 1. The highest BCUT2D eigenvalue weighted by molar-refractivity contribution is 9.10. The van der Waals surface area contributed by atoms with Gasteiger partial charge >= 0.3 is 0 Å². The van der Waals surface area contributed by atoms with Crippen molar-refractivity contribution in [1.29, 1.82) is 5.26 Å². The number of benzene rings is 3. The molecule has 0 spiro atoms. The zero-order chi connectivity index (χ0) is 22.2. The van der Waals surface area contributed by atoms with E-state index in [2.05, 4.69) is 44.1 Å². The first-order chi connectivity index (χ1) is 15.0. The summed E-state index contributed by atoms with van der Waals surface area (Å²) in [7, 11) is 0. The molecule has 4 nitrogen and oxygen atoms in total. The fourth-order valence-corrected chi connectivity index (χ4v) is 3.64. The summed E-state index contributed by atoms with van der Waals surface area (Å²) in [5.74, 6) is 0.107. The molecule has 3 aromatic carbocycles. The lowest BCUT2D eigenvalue weighted by atomic mass is 10.1. The smallest absolute Gasteiger partial charge is 0.266 e. The quantitative estimate of drug-likeness (QED) is 0.262. The van der Waals surface area contributed by atoms with Crippen molar-refractivity contribution in [2.24, 2.45) is 0 Å². The molecule has 0 saturated carbocycles. The van der Waals surface area contributed by atoms with Crippen molar-refractivity contribution < 1.29 is 9.53 Å². The SMILES string of the molecule is CCc1ccc(NC(=O)/C(C#N)=C/c2cc(Br)ccc2OCc2ccccc2Br)cc1. The monoisotopic (exact) mass is 538 g/mol. The standard InChI is InChI=1S/C25H20Br2N2O2/c1-2-17-7-10-22(11-8-17)29-25(30)20(15-28)13-19-14-21(26)9-12-24(19)31-16-18-5-3-4-6-23(18)27/h3-14H,2,16H2,1H3,(H,29,30)/b20-13+. The lowest BCUT2D eigenvalue weighted by molar-refractivity contribution is -0.112. The summed E-state index contributed by atoms with van der Waals surface area (Å²) in [5.41, 5.74) is 3.44. The Morgan fingerprint density at radius 2 is 1.84 bits per heavy atom. The van der Waals surface area contributed by atoms with E-state index in [9.17, 15) is 10.1 Å². The first-order valence-electron chi connectivity index (χ1n) is 9.68. The summed E-state index contributed by atoms with van der Waals surface area (Å²) >= 11 is 6.96. The van der Waals surface area contributed by atoms with Gasteiger partial charge in [0.2, 0.25) is 0 Å². The first-order valence-corrected chi connectivity index (χ1v) is 11.3. The van der Waals surface area contributed by atoms with Crippen LogP contribution in [0.15, 0.2) is 81.2 Å². The molecule has 0 radical (unpaired) electrons. The number of nitrogens with zero attached hydrogens (tertiary/aromatic N) is 1. The van der Waals surface area contributed by atoms with Crippen LogP contribution in [0.5, 0.6) is 5.75 Å². The average Bonchev–Trinajstić information content (AvgIpc) is 2.78. The molecule has 0 bridgehead atoms. The zero-order valence-corrected chi connectivity index (χ0v) is 20.0. The number of rotatable bonds is 7. The highest BCUT2D eigenvalue weighted by Crippen LogP contribution is 2.27. The molecule has 0 aromatic heterocycles. The number of anilines is 1. The first kappa shape index (κ1) is 22.8. The Kier molecular flexibility index (Phi) is 8.05. The minimum absolute atomic E-state index is 0.0107. The maximum absolute atomic E-state index is 12.7. The zero-order valence-electron chi connectivity index (χ0n) is 16.9. The summed E-state index contributed by atoms with van der Waals surface area (Å²) in [4.78, 5) is 12.7. The molecule has 0 saturated heterocycles. The number of nitrogens with one attached hydrogen (secondary N) is 1. The normalized spacial score (nSPS) is 11.0. The number of carbonyl (C=O) groups excluding carboxylic acids is 1. The molecule has 0 aliphatic rings. The molecule has 6 heteroatoms. The van der Waals surface area contributed by atoms with Gasteiger partial charge in [-0.2, -0.15) is 5.26 Å². The van der Waals surface area contributed by atoms with Crippen LogP contribution in [0.2, 0.25) is 0 Å². The van der Waals surface area contributed by atoms with Gasteiger partial charge in [-0.05, 0) is 54.5 Å². The minimum Gasteiger partial charge on any atom is -0.488 e. The second-order valence-corrected chi connectivity index (χ2v) is 8.51. The molecule has 0 aliphatic carbocycles. The Bertz CT molecular complexity index is 1150. The van der Waals surface area contributed by atoms with Gasteiger partial charge in [0.05, 0.1) is 0 Å². The van der Waals surface area contributed by atoms with Crippen molar-refractivity contribution in [3.63, 3.8) is 0 Å². The number of aryl methyl sites for hydroxylation is 1. The van der Waals surface area contributed by atoms with Crippen molar-refractivity contribution >= 4 is 49.5 Å². The fourth-order valence-electron chi connectivity index (χ4n) is 2.86. The number of halogens is 2. The molecular formula is C25H20Br2N2O2. The van der Waals surface area contributed by atoms with Crippen molar-refractivity contribution in [2.75, 3.05) is 5.32 Å². The van der Waals surface area contributed by atoms with E-state index in [-0.39, 0.29) is 5.57 Å². The Balaban J connectivity index is 1.82. The average molecular weight is 540 g/mol. The third-order valence-corrected chi connectivity index (χ3v) is 5.86. The molecular weight excluding hydrogens is 520 g/mol. The van der Waals surface area contributed by atoms with Gasteiger partial charge in [0.25, 0.3) is 5.91 Å². The van der Waals surface area contributed by atoms with Gasteiger partial charge in [-0.1, -0.05) is 69.1 Å². The molecule has 0 heterocycles. The summed E-state index contributed by atoms with van der Waals surface area (Å²) in [6, 6.07) is 22.8. The van der Waals surface area contributed by atoms with Crippen LogP contribution < -0.4 is 10.1 Å². The number of hydrogen-bond acceptors (Lipinski definition) is 3. The number of hydrogen-bond donors (Lipinski definition) is 1.